The SMILES string of the molecule is CCCNCc1ccnc(Oc2ccc(F)c(Br)c2)c1F. The second-order valence-electron chi connectivity index (χ2n) is 4.44. The summed E-state index contributed by atoms with van der Waals surface area (Å²) in [6.45, 7) is 3.26. The number of ether oxygens (including phenoxy) is 1. The number of pyridine rings is 1. The van der Waals surface area contributed by atoms with Crippen molar-refractivity contribution in [1.29, 1.82) is 0 Å². The Kier molecular flexibility index (Phi) is 5.64. The number of benzene rings is 1. The average molecular weight is 357 g/mol. The highest BCUT2D eigenvalue weighted by Gasteiger charge is 2.12. The molecule has 0 radical (unpaired) electrons. The highest BCUT2D eigenvalue weighted by Crippen LogP contribution is 2.27. The molecule has 0 bridgehead atoms. The van der Waals surface area contributed by atoms with Crippen molar-refractivity contribution < 1.29 is 13.5 Å². The van der Waals surface area contributed by atoms with Crippen molar-refractivity contribution in [3.05, 3.63) is 52.1 Å². The molecule has 0 unspecified atom stereocenters. The smallest absolute Gasteiger partial charge is 0.256 e. The largest absolute Gasteiger partial charge is 0.436 e. The second kappa shape index (κ2) is 7.47. The maximum Gasteiger partial charge on any atom is 0.256 e. The Hall–Kier alpha value is -1.53. The standard InChI is InChI=1S/C15H15BrF2N2O/c1-2-6-19-9-10-5-7-20-15(14(10)18)21-11-3-4-13(17)12(16)8-11/h3-5,7-8,19H,2,6,9H2,1H3. The van der Waals surface area contributed by atoms with Crippen molar-refractivity contribution in [2.75, 3.05) is 6.54 Å². The first-order chi connectivity index (χ1) is 10.1. The highest BCUT2D eigenvalue weighted by atomic mass is 79.9. The number of aromatic nitrogens is 1. The van der Waals surface area contributed by atoms with Crippen LogP contribution in [0.15, 0.2) is 34.9 Å². The van der Waals surface area contributed by atoms with Crippen molar-refractivity contribution in [2.24, 2.45) is 0 Å². The second-order valence-corrected chi connectivity index (χ2v) is 5.30. The van der Waals surface area contributed by atoms with E-state index in [4.69, 9.17) is 4.74 Å². The monoisotopic (exact) mass is 356 g/mol. The summed E-state index contributed by atoms with van der Waals surface area (Å²) in [7, 11) is 0. The molecule has 0 saturated heterocycles. The fourth-order valence-electron chi connectivity index (χ4n) is 1.72. The fraction of sp³-hybridized carbons (Fsp3) is 0.267. The molecule has 21 heavy (non-hydrogen) atoms. The van der Waals surface area contributed by atoms with Gasteiger partial charge in [0, 0.05) is 18.3 Å². The quantitative estimate of drug-likeness (QED) is 0.778. The molecule has 1 N–H and O–H groups in total. The summed E-state index contributed by atoms with van der Waals surface area (Å²) in [5.74, 6) is -0.729. The van der Waals surface area contributed by atoms with E-state index in [9.17, 15) is 8.78 Å². The Bertz CT molecular complexity index is 623. The summed E-state index contributed by atoms with van der Waals surface area (Å²) in [5.41, 5.74) is 0.481. The van der Waals surface area contributed by atoms with Crippen LogP contribution in [0, 0.1) is 11.6 Å². The lowest BCUT2D eigenvalue weighted by atomic mass is 10.2. The minimum absolute atomic E-state index is 0.121. The number of rotatable bonds is 6. The van der Waals surface area contributed by atoms with Crippen LogP contribution in [0.25, 0.3) is 0 Å². The first-order valence-corrected chi connectivity index (χ1v) is 7.38. The Balaban J connectivity index is 2.16. The molecule has 0 atom stereocenters. The number of hydrogen-bond donors (Lipinski definition) is 1. The third-order valence-corrected chi connectivity index (χ3v) is 3.39. The number of hydrogen-bond acceptors (Lipinski definition) is 3. The minimum atomic E-state index is -0.512. The molecule has 2 aromatic rings. The van der Waals surface area contributed by atoms with Crippen LogP contribution in [-0.4, -0.2) is 11.5 Å². The zero-order valence-corrected chi connectivity index (χ0v) is 13.1. The van der Waals surface area contributed by atoms with E-state index < -0.39 is 11.6 Å². The van der Waals surface area contributed by atoms with Gasteiger partial charge >= 0.3 is 0 Å². The third-order valence-electron chi connectivity index (χ3n) is 2.79. The number of halogens is 3. The minimum Gasteiger partial charge on any atom is -0.436 e. The first kappa shape index (κ1) is 15.9. The molecule has 0 aliphatic rings. The molecule has 1 heterocycles. The van der Waals surface area contributed by atoms with Gasteiger partial charge in [0.25, 0.3) is 5.88 Å². The van der Waals surface area contributed by atoms with Crippen LogP contribution in [0.5, 0.6) is 11.6 Å². The summed E-state index contributed by atoms with van der Waals surface area (Å²) in [6.07, 6.45) is 2.46. The Morgan fingerprint density at radius 2 is 2.10 bits per heavy atom. The lowest BCUT2D eigenvalue weighted by Gasteiger charge is -2.10. The topological polar surface area (TPSA) is 34.2 Å². The molecule has 0 saturated carbocycles. The van der Waals surface area contributed by atoms with Gasteiger partial charge in [-0.15, -0.1) is 0 Å². The van der Waals surface area contributed by atoms with Crippen LogP contribution in [0.2, 0.25) is 0 Å². The van der Waals surface area contributed by atoms with E-state index in [-0.39, 0.29) is 10.4 Å². The highest BCUT2D eigenvalue weighted by molar-refractivity contribution is 9.10. The Labute approximate surface area is 130 Å². The van der Waals surface area contributed by atoms with Crippen LogP contribution in [0.3, 0.4) is 0 Å². The molecule has 2 rings (SSSR count). The van der Waals surface area contributed by atoms with Gasteiger partial charge in [-0.1, -0.05) is 6.92 Å². The van der Waals surface area contributed by atoms with Crippen LogP contribution in [0.1, 0.15) is 18.9 Å². The molecule has 1 aromatic carbocycles. The van der Waals surface area contributed by atoms with Gasteiger partial charge in [0.05, 0.1) is 4.47 Å². The first-order valence-electron chi connectivity index (χ1n) is 6.58. The molecule has 3 nitrogen and oxygen atoms in total. The molecule has 1 aromatic heterocycles. The van der Waals surface area contributed by atoms with E-state index in [1.165, 1.54) is 24.4 Å². The van der Waals surface area contributed by atoms with Gasteiger partial charge in [0.1, 0.15) is 11.6 Å². The van der Waals surface area contributed by atoms with E-state index >= 15 is 0 Å². The summed E-state index contributed by atoms with van der Waals surface area (Å²) in [6, 6.07) is 5.69. The zero-order valence-electron chi connectivity index (χ0n) is 11.5. The summed E-state index contributed by atoms with van der Waals surface area (Å²) >= 11 is 3.06. The normalized spacial score (nSPS) is 10.7. The molecule has 6 heteroatoms. The molecule has 0 amide bonds. The van der Waals surface area contributed by atoms with E-state index in [1.807, 2.05) is 6.92 Å². The zero-order chi connectivity index (χ0) is 15.2. The predicted octanol–water partition coefficient (Wildman–Crippen LogP) is 4.41. The van der Waals surface area contributed by atoms with Crippen molar-refractivity contribution in [2.45, 2.75) is 19.9 Å². The van der Waals surface area contributed by atoms with Gasteiger partial charge in [-0.3, -0.25) is 0 Å². The van der Waals surface area contributed by atoms with Gasteiger partial charge in [-0.2, -0.15) is 0 Å². The fourth-order valence-corrected chi connectivity index (χ4v) is 2.08. The van der Waals surface area contributed by atoms with Gasteiger partial charge < -0.3 is 10.1 Å². The summed E-state index contributed by atoms with van der Waals surface area (Å²) in [5, 5.41) is 3.12. The van der Waals surface area contributed by atoms with Crippen molar-refractivity contribution in [3.8, 4) is 11.6 Å². The predicted molar refractivity (Wildman–Crippen MR) is 80.4 cm³/mol. The lowest BCUT2D eigenvalue weighted by Crippen LogP contribution is -2.15. The molecule has 0 aliphatic carbocycles. The van der Waals surface area contributed by atoms with Crippen LogP contribution in [-0.2, 0) is 6.54 Å². The van der Waals surface area contributed by atoms with E-state index in [1.54, 1.807) is 6.07 Å². The summed E-state index contributed by atoms with van der Waals surface area (Å²) < 4.78 is 33.0. The van der Waals surface area contributed by atoms with Crippen molar-refractivity contribution in [1.82, 2.24) is 10.3 Å². The van der Waals surface area contributed by atoms with E-state index in [2.05, 4.69) is 26.2 Å². The Morgan fingerprint density at radius 3 is 2.81 bits per heavy atom. The van der Waals surface area contributed by atoms with Crippen LogP contribution >= 0.6 is 15.9 Å². The molecule has 0 spiro atoms. The van der Waals surface area contributed by atoms with Gasteiger partial charge in [-0.25, -0.2) is 13.8 Å². The Morgan fingerprint density at radius 1 is 1.29 bits per heavy atom. The average Bonchev–Trinajstić information content (AvgIpc) is 2.47. The van der Waals surface area contributed by atoms with Gasteiger partial charge in [0.15, 0.2) is 5.82 Å². The maximum absolute atomic E-state index is 14.3. The van der Waals surface area contributed by atoms with E-state index in [0.29, 0.717) is 17.9 Å². The number of nitrogens with one attached hydrogen (secondary N) is 1. The van der Waals surface area contributed by atoms with Gasteiger partial charge in [0.2, 0.25) is 0 Å². The van der Waals surface area contributed by atoms with Crippen molar-refractivity contribution in [3.63, 3.8) is 0 Å². The number of nitrogens with zero attached hydrogens (tertiary/aromatic N) is 1. The summed E-state index contributed by atoms with van der Waals surface area (Å²) in [4.78, 5) is 3.88. The molecule has 0 fully saturated rings. The molecule has 112 valence electrons. The van der Waals surface area contributed by atoms with E-state index in [0.717, 1.165) is 13.0 Å². The lowest BCUT2D eigenvalue weighted by molar-refractivity contribution is 0.416. The molecular weight excluding hydrogens is 342 g/mol. The van der Waals surface area contributed by atoms with Crippen molar-refractivity contribution >= 4 is 15.9 Å². The third kappa shape index (κ3) is 4.22. The van der Waals surface area contributed by atoms with Crippen LogP contribution in [0.4, 0.5) is 8.78 Å². The van der Waals surface area contributed by atoms with Gasteiger partial charge in [-0.05, 0) is 53.2 Å². The maximum atomic E-state index is 14.3. The van der Waals surface area contributed by atoms with Crippen LogP contribution < -0.4 is 10.1 Å². The molecule has 0 aliphatic heterocycles. The molecular formula is C15H15BrF2N2O.